The number of amidine groups is 1. The van der Waals surface area contributed by atoms with E-state index in [1.54, 1.807) is 0 Å². The first-order valence-electron chi connectivity index (χ1n) is 6.60. The summed E-state index contributed by atoms with van der Waals surface area (Å²) in [5.74, 6) is 0.709. The monoisotopic (exact) mass is 223 g/mol. The Bertz CT molecular complexity index is 257. The van der Waals surface area contributed by atoms with Crippen LogP contribution in [0.4, 0.5) is 0 Å². The Labute approximate surface area is 96.8 Å². The van der Waals surface area contributed by atoms with E-state index in [4.69, 9.17) is 4.74 Å². The number of hydrogen-bond donors (Lipinski definition) is 2. The van der Waals surface area contributed by atoms with Crippen LogP contribution in [-0.4, -0.2) is 37.8 Å². The molecule has 4 heteroatoms. The van der Waals surface area contributed by atoms with Crippen LogP contribution in [0.5, 0.6) is 0 Å². The number of hydrogen-bond acceptors (Lipinski definition) is 3. The molecule has 3 rings (SSSR count). The number of nitrogens with one attached hydrogen (secondary N) is 2. The van der Waals surface area contributed by atoms with Crippen LogP contribution in [0.25, 0.3) is 0 Å². The lowest BCUT2D eigenvalue weighted by Crippen LogP contribution is -2.34. The molecule has 3 aliphatic rings. The average molecular weight is 223 g/mol. The van der Waals surface area contributed by atoms with Crippen molar-refractivity contribution in [1.29, 1.82) is 0 Å². The minimum absolute atomic E-state index is 0.397. The highest BCUT2D eigenvalue weighted by Crippen LogP contribution is 2.25. The van der Waals surface area contributed by atoms with Gasteiger partial charge < -0.3 is 15.4 Å². The fourth-order valence-corrected chi connectivity index (χ4v) is 2.90. The molecule has 0 aromatic carbocycles. The molecule has 0 radical (unpaired) electrons. The Hall–Kier alpha value is -0.770. The SMILES string of the molecule is C1CCC2OC(=NCC3CCNC3)NC2C1. The van der Waals surface area contributed by atoms with E-state index in [-0.39, 0.29) is 0 Å². The zero-order chi connectivity index (χ0) is 10.8. The second-order valence-corrected chi connectivity index (χ2v) is 5.20. The average Bonchev–Trinajstić information content (AvgIpc) is 2.95. The molecule has 0 aromatic heterocycles. The first kappa shape index (κ1) is 10.4. The number of aliphatic imine (C=N–C) groups is 1. The molecule has 2 N–H and O–H groups in total. The summed E-state index contributed by atoms with van der Waals surface area (Å²) in [6, 6.07) is 1.35. The van der Waals surface area contributed by atoms with Gasteiger partial charge in [-0.2, -0.15) is 0 Å². The van der Waals surface area contributed by atoms with Crippen LogP contribution in [-0.2, 0) is 4.74 Å². The summed E-state index contributed by atoms with van der Waals surface area (Å²) in [6.07, 6.45) is 6.73. The van der Waals surface area contributed by atoms with Crippen LogP contribution in [0.3, 0.4) is 0 Å². The van der Waals surface area contributed by atoms with Gasteiger partial charge in [0.25, 0.3) is 6.02 Å². The second kappa shape index (κ2) is 4.62. The van der Waals surface area contributed by atoms with E-state index in [2.05, 4.69) is 15.6 Å². The molecular formula is C12H21N3O. The minimum Gasteiger partial charge on any atom is -0.460 e. The van der Waals surface area contributed by atoms with Crippen molar-refractivity contribution in [1.82, 2.24) is 10.6 Å². The molecule has 2 heterocycles. The zero-order valence-corrected chi connectivity index (χ0v) is 9.74. The van der Waals surface area contributed by atoms with Gasteiger partial charge >= 0.3 is 0 Å². The Morgan fingerprint density at radius 1 is 1.25 bits per heavy atom. The predicted octanol–water partition coefficient (Wildman–Crippen LogP) is 0.883. The van der Waals surface area contributed by atoms with Gasteiger partial charge in [0.1, 0.15) is 6.10 Å². The van der Waals surface area contributed by atoms with Gasteiger partial charge in [-0.25, -0.2) is 4.99 Å². The normalized spacial score (nSPS) is 40.5. The van der Waals surface area contributed by atoms with Gasteiger partial charge in [-0.3, -0.25) is 0 Å². The van der Waals surface area contributed by atoms with Crippen molar-refractivity contribution in [3.05, 3.63) is 0 Å². The van der Waals surface area contributed by atoms with Gasteiger partial charge in [0.05, 0.1) is 6.04 Å². The molecule has 0 bridgehead atoms. The van der Waals surface area contributed by atoms with E-state index in [1.165, 1.54) is 32.1 Å². The largest absolute Gasteiger partial charge is 0.460 e. The van der Waals surface area contributed by atoms with E-state index in [0.29, 0.717) is 18.1 Å². The highest BCUT2D eigenvalue weighted by Gasteiger charge is 2.34. The number of rotatable bonds is 2. The van der Waals surface area contributed by atoms with Crippen molar-refractivity contribution >= 4 is 6.02 Å². The first-order valence-corrected chi connectivity index (χ1v) is 6.60. The summed E-state index contributed by atoms with van der Waals surface area (Å²) < 4.78 is 5.84. The molecule has 4 nitrogen and oxygen atoms in total. The standard InChI is InChI=1S/C12H21N3O/c1-2-4-11-10(3-1)15-12(16-11)14-8-9-5-6-13-7-9/h9-11,13H,1-8H2,(H,14,15). The molecule has 2 aliphatic heterocycles. The lowest BCUT2D eigenvalue weighted by atomic mass is 9.93. The summed E-state index contributed by atoms with van der Waals surface area (Å²) in [5.41, 5.74) is 0. The van der Waals surface area contributed by atoms with Gasteiger partial charge in [-0.15, -0.1) is 0 Å². The fourth-order valence-electron chi connectivity index (χ4n) is 2.90. The molecular weight excluding hydrogens is 202 g/mol. The topological polar surface area (TPSA) is 45.6 Å². The Balaban J connectivity index is 1.53. The quantitative estimate of drug-likeness (QED) is 0.730. The molecule has 3 atom stereocenters. The molecule has 0 aromatic rings. The van der Waals surface area contributed by atoms with Gasteiger partial charge in [0, 0.05) is 6.54 Å². The molecule has 16 heavy (non-hydrogen) atoms. The van der Waals surface area contributed by atoms with Crippen molar-refractivity contribution in [2.45, 2.75) is 44.2 Å². The van der Waals surface area contributed by atoms with Crippen LogP contribution >= 0.6 is 0 Å². The third-order valence-electron chi connectivity index (χ3n) is 3.93. The molecule has 90 valence electrons. The number of nitrogens with zero attached hydrogens (tertiary/aromatic N) is 1. The molecule has 1 saturated carbocycles. The summed E-state index contributed by atoms with van der Waals surface area (Å²) >= 11 is 0. The van der Waals surface area contributed by atoms with Crippen LogP contribution in [0.1, 0.15) is 32.1 Å². The van der Waals surface area contributed by atoms with E-state index >= 15 is 0 Å². The fraction of sp³-hybridized carbons (Fsp3) is 0.917. The third-order valence-corrected chi connectivity index (χ3v) is 3.93. The Morgan fingerprint density at radius 2 is 2.19 bits per heavy atom. The minimum atomic E-state index is 0.397. The van der Waals surface area contributed by atoms with Gasteiger partial charge in [0.2, 0.25) is 0 Å². The predicted molar refractivity (Wildman–Crippen MR) is 63.5 cm³/mol. The van der Waals surface area contributed by atoms with Gasteiger partial charge in [0.15, 0.2) is 0 Å². The molecule has 2 saturated heterocycles. The van der Waals surface area contributed by atoms with Crippen molar-refractivity contribution in [3.8, 4) is 0 Å². The van der Waals surface area contributed by atoms with Gasteiger partial charge in [-0.05, 0) is 44.7 Å². The maximum atomic E-state index is 5.84. The maximum Gasteiger partial charge on any atom is 0.285 e. The lowest BCUT2D eigenvalue weighted by Gasteiger charge is -2.21. The Kier molecular flexibility index (Phi) is 3.00. The Morgan fingerprint density at radius 3 is 3.00 bits per heavy atom. The van der Waals surface area contributed by atoms with Crippen molar-refractivity contribution < 1.29 is 4.74 Å². The molecule has 3 fully saturated rings. The van der Waals surface area contributed by atoms with Crippen LogP contribution in [0.2, 0.25) is 0 Å². The summed E-state index contributed by atoms with van der Waals surface area (Å²) in [5, 5.41) is 6.79. The highest BCUT2D eigenvalue weighted by atomic mass is 16.5. The molecule has 1 aliphatic carbocycles. The van der Waals surface area contributed by atoms with Crippen molar-refractivity contribution in [3.63, 3.8) is 0 Å². The summed E-state index contributed by atoms with van der Waals surface area (Å²) in [6.45, 7) is 3.17. The molecule has 3 unspecified atom stereocenters. The van der Waals surface area contributed by atoms with Crippen molar-refractivity contribution in [2.75, 3.05) is 19.6 Å². The van der Waals surface area contributed by atoms with E-state index in [9.17, 15) is 0 Å². The van der Waals surface area contributed by atoms with Gasteiger partial charge in [-0.1, -0.05) is 6.42 Å². The molecule has 0 amide bonds. The number of ether oxygens (including phenoxy) is 1. The maximum absolute atomic E-state index is 5.84. The lowest BCUT2D eigenvalue weighted by molar-refractivity contribution is 0.159. The van der Waals surface area contributed by atoms with E-state index in [1.807, 2.05) is 0 Å². The van der Waals surface area contributed by atoms with Crippen molar-refractivity contribution in [2.24, 2.45) is 10.9 Å². The second-order valence-electron chi connectivity index (χ2n) is 5.20. The first-order chi connectivity index (χ1) is 7.92. The molecule has 0 spiro atoms. The third kappa shape index (κ3) is 2.17. The summed E-state index contributed by atoms with van der Waals surface area (Å²) in [7, 11) is 0. The van der Waals surface area contributed by atoms with E-state index < -0.39 is 0 Å². The smallest absolute Gasteiger partial charge is 0.285 e. The van der Waals surface area contributed by atoms with Crippen LogP contribution in [0, 0.1) is 5.92 Å². The van der Waals surface area contributed by atoms with E-state index in [0.717, 1.165) is 25.7 Å². The zero-order valence-electron chi connectivity index (χ0n) is 9.74. The van der Waals surface area contributed by atoms with Crippen LogP contribution < -0.4 is 10.6 Å². The number of fused-ring (bicyclic) bond motifs is 1. The van der Waals surface area contributed by atoms with Crippen LogP contribution in [0.15, 0.2) is 4.99 Å². The highest BCUT2D eigenvalue weighted by molar-refractivity contribution is 5.76. The summed E-state index contributed by atoms with van der Waals surface area (Å²) in [4.78, 5) is 4.57.